The summed E-state index contributed by atoms with van der Waals surface area (Å²) in [6.07, 6.45) is -1.72. The molecule has 3 heterocycles. The van der Waals surface area contributed by atoms with Gasteiger partial charge in [0.05, 0.1) is 17.5 Å². The van der Waals surface area contributed by atoms with Gasteiger partial charge in [0, 0.05) is 24.7 Å². The Labute approximate surface area is 186 Å². The van der Waals surface area contributed by atoms with Gasteiger partial charge in [0.25, 0.3) is 11.8 Å². The number of alkyl halides is 3. The SMILES string of the molecule is Cc1nc(-c2ccc(C(F)(F)F)cc2)sc1C(=O)NC1CCN(C(=O)c2ccco2)CC1. The third kappa shape index (κ3) is 4.69. The second-order valence-electron chi connectivity index (χ2n) is 7.53. The lowest BCUT2D eigenvalue weighted by molar-refractivity contribution is -0.137. The Kier molecular flexibility index (Phi) is 6.05. The molecule has 4 rings (SSSR count). The van der Waals surface area contributed by atoms with Crippen molar-refractivity contribution in [1.29, 1.82) is 0 Å². The largest absolute Gasteiger partial charge is 0.459 e. The minimum absolute atomic E-state index is 0.0841. The fraction of sp³-hybridized carbons (Fsp3) is 0.318. The number of nitrogens with zero attached hydrogens (tertiary/aromatic N) is 2. The van der Waals surface area contributed by atoms with Crippen molar-refractivity contribution in [3.63, 3.8) is 0 Å². The number of hydrogen-bond donors (Lipinski definition) is 1. The van der Waals surface area contributed by atoms with Gasteiger partial charge in [-0.15, -0.1) is 11.3 Å². The normalized spacial score (nSPS) is 15.1. The lowest BCUT2D eigenvalue weighted by Gasteiger charge is -2.31. The van der Waals surface area contributed by atoms with Crippen LogP contribution in [0.3, 0.4) is 0 Å². The standard InChI is InChI=1S/C22H20F3N3O3S/c1-13-18(32-20(26-13)14-4-6-15(7-5-14)22(23,24)25)19(29)27-16-8-10-28(11-9-16)21(30)17-3-2-12-31-17/h2-7,12,16H,8-11H2,1H3,(H,27,29). The number of amides is 2. The first-order valence-electron chi connectivity index (χ1n) is 10.0. The molecule has 32 heavy (non-hydrogen) atoms. The minimum Gasteiger partial charge on any atom is -0.459 e. The number of piperidine rings is 1. The van der Waals surface area contributed by atoms with E-state index in [1.165, 1.54) is 18.4 Å². The number of carbonyl (C=O) groups is 2. The lowest BCUT2D eigenvalue weighted by Crippen LogP contribution is -2.46. The highest BCUT2D eigenvalue weighted by Gasteiger charge is 2.30. The molecule has 1 aliphatic heterocycles. The lowest BCUT2D eigenvalue weighted by atomic mass is 10.0. The third-order valence-corrected chi connectivity index (χ3v) is 6.52. The highest BCUT2D eigenvalue weighted by atomic mass is 32.1. The predicted octanol–water partition coefficient (Wildman–Crippen LogP) is 4.76. The number of rotatable bonds is 4. The van der Waals surface area contributed by atoms with Crippen molar-refractivity contribution >= 4 is 23.2 Å². The van der Waals surface area contributed by atoms with Crippen LogP contribution in [-0.2, 0) is 6.18 Å². The molecule has 0 atom stereocenters. The molecule has 0 bridgehead atoms. The van der Waals surface area contributed by atoms with Crippen LogP contribution in [0.25, 0.3) is 10.6 Å². The Morgan fingerprint density at radius 1 is 1.16 bits per heavy atom. The van der Waals surface area contributed by atoms with E-state index in [9.17, 15) is 22.8 Å². The van der Waals surface area contributed by atoms with E-state index in [4.69, 9.17) is 4.42 Å². The van der Waals surface area contributed by atoms with Gasteiger partial charge in [0.15, 0.2) is 5.76 Å². The van der Waals surface area contributed by atoms with Crippen molar-refractivity contribution < 1.29 is 27.2 Å². The van der Waals surface area contributed by atoms with Gasteiger partial charge in [-0.25, -0.2) is 4.98 Å². The highest BCUT2D eigenvalue weighted by Crippen LogP contribution is 2.33. The smallest absolute Gasteiger partial charge is 0.416 e. The zero-order valence-electron chi connectivity index (χ0n) is 17.1. The summed E-state index contributed by atoms with van der Waals surface area (Å²) in [4.78, 5) is 31.6. The predicted molar refractivity (Wildman–Crippen MR) is 112 cm³/mol. The molecule has 0 saturated carbocycles. The van der Waals surface area contributed by atoms with Crippen molar-refractivity contribution in [3.8, 4) is 10.6 Å². The molecule has 1 aromatic carbocycles. The molecule has 0 unspecified atom stereocenters. The van der Waals surface area contributed by atoms with Crippen LogP contribution in [0.1, 0.15) is 44.3 Å². The van der Waals surface area contributed by atoms with Crippen LogP contribution < -0.4 is 5.32 Å². The Morgan fingerprint density at radius 2 is 1.84 bits per heavy atom. The number of nitrogens with one attached hydrogen (secondary N) is 1. The van der Waals surface area contributed by atoms with Gasteiger partial charge in [-0.1, -0.05) is 12.1 Å². The van der Waals surface area contributed by atoms with Gasteiger partial charge in [0.2, 0.25) is 0 Å². The number of halogens is 3. The zero-order valence-corrected chi connectivity index (χ0v) is 17.9. The van der Waals surface area contributed by atoms with Crippen molar-refractivity contribution in [1.82, 2.24) is 15.2 Å². The summed E-state index contributed by atoms with van der Waals surface area (Å²) in [5.41, 5.74) is 0.312. The van der Waals surface area contributed by atoms with E-state index in [-0.39, 0.29) is 17.9 Å². The van der Waals surface area contributed by atoms with E-state index in [1.807, 2.05) is 0 Å². The Morgan fingerprint density at radius 3 is 2.44 bits per heavy atom. The molecule has 3 aromatic rings. The Bertz CT molecular complexity index is 1100. The molecule has 6 nitrogen and oxygen atoms in total. The van der Waals surface area contributed by atoms with Gasteiger partial charge in [-0.3, -0.25) is 9.59 Å². The van der Waals surface area contributed by atoms with Gasteiger partial charge < -0.3 is 14.6 Å². The highest BCUT2D eigenvalue weighted by molar-refractivity contribution is 7.17. The first-order chi connectivity index (χ1) is 15.2. The summed E-state index contributed by atoms with van der Waals surface area (Å²) < 4.78 is 43.4. The van der Waals surface area contributed by atoms with Crippen LogP contribution in [0.5, 0.6) is 0 Å². The number of benzene rings is 1. The van der Waals surface area contributed by atoms with Crippen LogP contribution >= 0.6 is 11.3 Å². The molecule has 10 heteroatoms. The maximum atomic E-state index is 12.8. The van der Waals surface area contributed by atoms with Gasteiger partial charge in [-0.05, 0) is 44.0 Å². The van der Waals surface area contributed by atoms with E-state index >= 15 is 0 Å². The number of likely N-dealkylation sites (tertiary alicyclic amines) is 1. The van der Waals surface area contributed by atoms with E-state index in [0.717, 1.165) is 23.5 Å². The van der Waals surface area contributed by atoms with Gasteiger partial charge in [0.1, 0.15) is 9.88 Å². The summed E-state index contributed by atoms with van der Waals surface area (Å²) >= 11 is 1.15. The third-order valence-electron chi connectivity index (χ3n) is 5.31. The number of furan rings is 1. The van der Waals surface area contributed by atoms with E-state index in [0.29, 0.717) is 52.8 Å². The first-order valence-corrected chi connectivity index (χ1v) is 10.8. The van der Waals surface area contributed by atoms with Crippen LogP contribution in [0.15, 0.2) is 47.1 Å². The maximum absolute atomic E-state index is 12.8. The van der Waals surface area contributed by atoms with Gasteiger partial charge >= 0.3 is 6.18 Å². The van der Waals surface area contributed by atoms with Crippen molar-refractivity contribution in [2.24, 2.45) is 0 Å². The summed E-state index contributed by atoms with van der Waals surface area (Å²) in [5, 5.41) is 3.47. The summed E-state index contributed by atoms with van der Waals surface area (Å²) in [6.45, 7) is 2.70. The summed E-state index contributed by atoms with van der Waals surface area (Å²) in [6, 6.07) is 7.92. The molecule has 0 radical (unpaired) electrons. The molecular formula is C22H20F3N3O3S. The average molecular weight is 463 g/mol. The number of aryl methyl sites for hydroxylation is 1. The number of hydrogen-bond acceptors (Lipinski definition) is 5. The number of aromatic nitrogens is 1. The zero-order chi connectivity index (χ0) is 22.9. The molecule has 1 saturated heterocycles. The monoisotopic (exact) mass is 463 g/mol. The molecule has 1 N–H and O–H groups in total. The van der Waals surface area contributed by atoms with Gasteiger partial charge in [-0.2, -0.15) is 13.2 Å². The quantitative estimate of drug-likeness (QED) is 0.605. The Hall–Kier alpha value is -3.14. The molecular weight excluding hydrogens is 443 g/mol. The van der Waals surface area contributed by atoms with Crippen molar-refractivity contribution in [2.45, 2.75) is 32.0 Å². The topological polar surface area (TPSA) is 75.4 Å². The summed E-state index contributed by atoms with van der Waals surface area (Å²) in [7, 11) is 0. The molecule has 0 spiro atoms. The van der Waals surface area contributed by atoms with E-state index in [2.05, 4.69) is 10.3 Å². The second kappa shape index (κ2) is 8.78. The number of carbonyl (C=O) groups excluding carboxylic acids is 2. The Balaban J connectivity index is 1.37. The first kappa shape index (κ1) is 22.1. The van der Waals surface area contributed by atoms with Crippen LogP contribution in [-0.4, -0.2) is 40.8 Å². The second-order valence-corrected chi connectivity index (χ2v) is 8.52. The van der Waals surface area contributed by atoms with Crippen LogP contribution in [0.4, 0.5) is 13.2 Å². The van der Waals surface area contributed by atoms with E-state index in [1.54, 1.807) is 24.0 Å². The fourth-order valence-corrected chi connectivity index (χ4v) is 4.54. The molecule has 168 valence electrons. The summed E-state index contributed by atoms with van der Waals surface area (Å²) in [5.74, 6) is -0.142. The van der Waals surface area contributed by atoms with E-state index < -0.39 is 11.7 Å². The molecule has 2 amide bonds. The fourth-order valence-electron chi connectivity index (χ4n) is 3.57. The van der Waals surface area contributed by atoms with Crippen LogP contribution in [0, 0.1) is 6.92 Å². The maximum Gasteiger partial charge on any atom is 0.416 e. The average Bonchev–Trinajstić information content (AvgIpc) is 3.43. The van der Waals surface area contributed by atoms with Crippen molar-refractivity contribution in [3.05, 3.63) is 64.6 Å². The molecule has 1 aliphatic rings. The molecule has 1 fully saturated rings. The molecule has 2 aromatic heterocycles. The minimum atomic E-state index is -4.40. The molecule has 0 aliphatic carbocycles. The van der Waals surface area contributed by atoms with Crippen LogP contribution in [0.2, 0.25) is 0 Å². The number of thiazole rings is 1. The van der Waals surface area contributed by atoms with Crippen molar-refractivity contribution in [2.75, 3.05) is 13.1 Å².